The van der Waals surface area contributed by atoms with Crippen molar-refractivity contribution in [3.63, 3.8) is 0 Å². The minimum Gasteiger partial charge on any atom is -0.311 e. The van der Waals surface area contributed by atoms with Crippen LogP contribution in [0.2, 0.25) is 0 Å². The quantitative estimate of drug-likeness (QED) is 0.768. The summed E-state index contributed by atoms with van der Waals surface area (Å²) >= 11 is 0. The van der Waals surface area contributed by atoms with E-state index in [2.05, 4.69) is 38.0 Å². The highest BCUT2D eigenvalue weighted by atomic mass is 15.2. The lowest BCUT2D eigenvalue weighted by Crippen LogP contribution is -2.50. The number of hydrogen-bond acceptors (Lipinski definition) is 2. The smallest absolute Gasteiger partial charge is 0.0125 e. The second kappa shape index (κ2) is 6.20. The van der Waals surface area contributed by atoms with E-state index in [0.717, 1.165) is 30.1 Å². The summed E-state index contributed by atoms with van der Waals surface area (Å²) in [4.78, 5) is 2.79. The molecule has 2 nitrogen and oxygen atoms in total. The molecule has 3 rings (SSSR count). The van der Waals surface area contributed by atoms with Crippen LogP contribution in [0, 0.1) is 11.3 Å². The summed E-state index contributed by atoms with van der Waals surface area (Å²) in [6, 6.07) is 3.34. The van der Waals surface area contributed by atoms with Crippen molar-refractivity contribution in [3.05, 3.63) is 0 Å². The lowest BCUT2D eigenvalue weighted by Gasteiger charge is -2.40. The first kappa shape index (κ1) is 15.8. The highest BCUT2D eigenvalue weighted by Gasteiger charge is 2.37. The Bertz CT molecular complexity index is 334. The Balaban J connectivity index is 1.56. The van der Waals surface area contributed by atoms with Crippen LogP contribution in [0.4, 0.5) is 0 Å². The predicted octanol–water partition coefficient (Wildman–Crippen LogP) is 4.20. The van der Waals surface area contributed by atoms with E-state index in [4.69, 9.17) is 0 Å². The van der Waals surface area contributed by atoms with Gasteiger partial charge in [-0.25, -0.2) is 0 Å². The lowest BCUT2D eigenvalue weighted by molar-refractivity contribution is 0.112. The molecule has 0 aromatic heterocycles. The maximum Gasteiger partial charge on any atom is 0.0125 e. The van der Waals surface area contributed by atoms with Crippen LogP contribution in [0.25, 0.3) is 0 Å². The van der Waals surface area contributed by atoms with Gasteiger partial charge in [0.2, 0.25) is 0 Å². The predicted molar refractivity (Wildman–Crippen MR) is 90.5 cm³/mol. The molecule has 3 aliphatic rings. The van der Waals surface area contributed by atoms with Crippen LogP contribution in [0.5, 0.6) is 0 Å². The zero-order valence-electron chi connectivity index (χ0n) is 14.7. The van der Waals surface area contributed by atoms with Crippen LogP contribution in [0.15, 0.2) is 0 Å². The molecule has 4 atom stereocenters. The molecule has 0 spiro atoms. The fraction of sp³-hybridized carbons (Fsp3) is 1.00. The Hall–Kier alpha value is -0.0800. The minimum atomic E-state index is 0.501. The summed E-state index contributed by atoms with van der Waals surface area (Å²) in [7, 11) is 2.43. The topological polar surface area (TPSA) is 15.3 Å². The molecule has 2 saturated heterocycles. The SMILES string of the molecule is CN(C1CCCC(C(C)(C)C)CC1)C1CC2CCC(C1)N2. The van der Waals surface area contributed by atoms with Crippen molar-refractivity contribution in [1.82, 2.24) is 10.2 Å². The second-order valence-corrected chi connectivity index (χ2v) is 9.15. The zero-order chi connectivity index (χ0) is 15.0. The first-order chi connectivity index (χ1) is 9.93. The van der Waals surface area contributed by atoms with Crippen molar-refractivity contribution in [1.29, 1.82) is 0 Å². The molecule has 0 radical (unpaired) electrons. The van der Waals surface area contributed by atoms with Gasteiger partial charge in [-0.05, 0) is 69.7 Å². The van der Waals surface area contributed by atoms with Crippen molar-refractivity contribution in [3.8, 4) is 0 Å². The van der Waals surface area contributed by atoms with Gasteiger partial charge in [0.1, 0.15) is 0 Å². The standard InChI is InChI=1S/C19H36N2/c1-19(2,3)14-6-5-7-17(11-8-14)21(4)18-12-15-9-10-16(13-18)20-15/h14-18,20H,5-13H2,1-4H3. The highest BCUT2D eigenvalue weighted by Crippen LogP contribution is 2.39. The molecule has 0 aromatic carbocycles. The molecule has 2 aliphatic heterocycles. The molecule has 1 N–H and O–H groups in total. The molecule has 1 saturated carbocycles. The van der Waals surface area contributed by atoms with Gasteiger partial charge < -0.3 is 10.2 Å². The monoisotopic (exact) mass is 292 g/mol. The van der Waals surface area contributed by atoms with Crippen LogP contribution in [-0.4, -0.2) is 36.1 Å². The van der Waals surface area contributed by atoms with E-state index in [-0.39, 0.29) is 0 Å². The van der Waals surface area contributed by atoms with E-state index in [9.17, 15) is 0 Å². The Morgan fingerprint density at radius 3 is 2.10 bits per heavy atom. The van der Waals surface area contributed by atoms with E-state index in [1.165, 1.54) is 57.8 Å². The van der Waals surface area contributed by atoms with E-state index >= 15 is 0 Å². The fourth-order valence-corrected chi connectivity index (χ4v) is 5.21. The normalized spacial score (nSPS) is 41.3. The molecule has 122 valence electrons. The summed E-state index contributed by atoms with van der Waals surface area (Å²) in [6.07, 6.45) is 12.8. The number of rotatable bonds is 2. The maximum absolute atomic E-state index is 3.79. The van der Waals surface area contributed by atoms with Gasteiger partial charge in [0.15, 0.2) is 0 Å². The average molecular weight is 293 g/mol. The maximum atomic E-state index is 3.79. The van der Waals surface area contributed by atoms with Gasteiger partial charge in [-0.3, -0.25) is 0 Å². The second-order valence-electron chi connectivity index (χ2n) is 9.15. The van der Waals surface area contributed by atoms with Crippen LogP contribution >= 0.6 is 0 Å². The van der Waals surface area contributed by atoms with Crippen molar-refractivity contribution in [2.45, 2.75) is 103 Å². The molecule has 3 fully saturated rings. The summed E-state index contributed by atoms with van der Waals surface area (Å²) in [5.41, 5.74) is 0.501. The largest absolute Gasteiger partial charge is 0.311 e. The third kappa shape index (κ3) is 3.64. The summed E-state index contributed by atoms with van der Waals surface area (Å²) in [6.45, 7) is 7.31. The van der Waals surface area contributed by atoms with Crippen LogP contribution in [0.1, 0.15) is 78.6 Å². The van der Waals surface area contributed by atoms with E-state index in [0.29, 0.717) is 5.41 Å². The first-order valence-corrected chi connectivity index (χ1v) is 9.41. The number of nitrogens with zero attached hydrogens (tertiary/aromatic N) is 1. The van der Waals surface area contributed by atoms with Gasteiger partial charge >= 0.3 is 0 Å². The van der Waals surface area contributed by atoms with Gasteiger partial charge in [0, 0.05) is 24.2 Å². The minimum absolute atomic E-state index is 0.501. The summed E-state index contributed by atoms with van der Waals surface area (Å²) < 4.78 is 0. The van der Waals surface area contributed by atoms with Crippen molar-refractivity contribution in [2.75, 3.05) is 7.05 Å². The van der Waals surface area contributed by atoms with E-state index in [1.54, 1.807) is 0 Å². The molecule has 21 heavy (non-hydrogen) atoms. The molecule has 2 heterocycles. The molecular weight excluding hydrogens is 256 g/mol. The van der Waals surface area contributed by atoms with Crippen molar-refractivity contribution in [2.24, 2.45) is 11.3 Å². The number of nitrogens with one attached hydrogen (secondary N) is 1. The van der Waals surface area contributed by atoms with Crippen LogP contribution in [0.3, 0.4) is 0 Å². The van der Waals surface area contributed by atoms with Gasteiger partial charge in [0.05, 0.1) is 0 Å². The van der Waals surface area contributed by atoms with Gasteiger partial charge in [-0.15, -0.1) is 0 Å². The number of piperidine rings is 1. The average Bonchev–Trinajstić information content (AvgIpc) is 2.67. The fourth-order valence-electron chi connectivity index (χ4n) is 5.21. The molecule has 1 aliphatic carbocycles. The van der Waals surface area contributed by atoms with Crippen LogP contribution in [-0.2, 0) is 0 Å². The number of hydrogen-bond donors (Lipinski definition) is 1. The molecule has 0 amide bonds. The van der Waals surface area contributed by atoms with E-state index in [1.807, 2.05) is 0 Å². The van der Waals surface area contributed by atoms with E-state index < -0.39 is 0 Å². The molecule has 2 bridgehead atoms. The van der Waals surface area contributed by atoms with Crippen molar-refractivity contribution < 1.29 is 0 Å². The zero-order valence-corrected chi connectivity index (χ0v) is 14.7. The van der Waals surface area contributed by atoms with Crippen molar-refractivity contribution >= 4 is 0 Å². The van der Waals surface area contributed by atoms with Crippen LogP contribution < -0.4 is 5.32 Å². The number of fused-ring (bicyclic) bond motifs is 2. The summed E-state index contributed by atoms with van der Waals surface area (Å²) in [5.74, 6) is 0.931. The summed E-state index contributed by atoms with van der Waals surface area (Å²) in [5, 5.41) is 3.79. The first-order valence-electron chi connectivity index (χ1n) is 9.41. The molecular formula is C19H36N2. The molecule has 0 aromatic rings. The molecule has 2 heteroatoms. The lowest BCUT2D eigenvalue weighted by atomic mass is 9.76. The Labute approximate surface area is 132 Å². The van der Waals surface area contributed by atoms with Gasteiger partial charge in [-0.2, -0.15) is 0 Å². The Kier molecular flexibility index (Phi) is 4.66. The third-order valence-electron chi connectivity index (χ3n) is 6.76. The van der Waals surface area contributed by atoms with Gasteiger partial charge in [0.25, 0.3) is 0 Å². The Morgan fingerprint density at radius 2 is 1.48 bits per heavy atom. The molecule has 4 unspecified atom stereocenters. The van der Waals surface area contributed by atoms with Gasteiger partial charge in [-0.1, -0.05) is 27.2 Å². The highest BCUT2D eigenvalue weighted by molar-refractivity contribution is 4.96. The Morgan fingerprint density at radius 1 is 0.810 bits per heavy atom. The third-order valence-corrected chi connectivity index (χ3v) is 6.76.